The van der Waals surface area contributed by atoms with Gasteiger partial charge in [0.25, 0.3) is 0 Å². The van der Waals surface area contributed by atoms with Crippen LogP contribution in [0, 0.1) is 17.1 Å². The number of methoxy groups -OCH3 is 1. The zero-order valence-electron chi connectivity index (χ0n) is 16.0. The lowest BCUT2D eigenvalue weighted by Crippen LogP contribution is -2.01. The van der Waals surface area contributed by atoms with E-state index >= 15 is 0 Å². The number of rotatable bonds is 8. The maximum atomic E-state index is 13.0. The molecule has 0 spiro atoms. The van der Waals surface area contributed by atoms with Gasteiger partial charge in [-0.1, -0.05) is 6.07 Å². The van der Waals surface area contributed by atoms with E-state index in [1.807, 2.05) is 6.07 Å². The van der Waals surface area contributed by atoms with E-state index in [1.54, 1.807) is 41.8 Å². The Morgan fingerprint density at radius 2 is 2.03 bits per heavy atom. The van der Waals surface area contributed by atoms with Gasteiger partial charge < -0.3 is 14.2 Å². The molecule has 8 heteroatoms. The van der Waals surface area contributed by atoms with Crippen molar-refractivity contribution in [3.8, 4) is 28.1 Å². The molecule has 0 amide bonds. The molecule has 1 heterocycles. The maximum Gasteiger partial charge on any atom is 0.331 e. The van der Waals surface area contributed by atoms with Gasteiger partial charge in [-0.05, 0) is 48.0 Å². The maximum absolute atomic E-state index is 13.0. The van der Waals surface area contributed by atoms with E-state index < -0.39 is 5.97 Å². The third-order valence-corrected chi connectivity index (χ3v) is 4.84. The Morgan fingerprint density at radius 1 is 1.23 bits per heavy atom. The van der Waals surface area contributed by atoms with E-state index in [1.165, 1.54) is 36.7 Å². The Balaban J connectivity index is 1.56. The van der Waals surface area contributed by atoms with E-state index in [0.29, 0.717) is 22.8 Å². The van der Waals surface area contributed by atoms with Gasteiger partial charge in [-0.3, -0.25) is 0 Å². The van der Waals surface area contributed by atoms with Crippen molar-refractivity contribution in [1.29, 1.82) is 5.26 Å². The van der Waals surface area contributed by atoms with Crippen LogP contribution in [0.15, 0.2) is 53.9 Å². The molecule has 0 unspecified atom stereocenters. The van der Waals surface area contributed by atoms with Crippen LogP contribution in [0.2, 0.25) is 0 Å². The summed E-state index contributed by atoms with van der Waals surface area (Å²) < 4.78 is 28.7. The Bertz CT molecular complexity index is 1090. The zero-order valence-corrected chi connectivity index (χ0v) is 16.8. The number of esters is 1. The summed E-state index contributed by atoms with van der Waals surface area (Å²) in [5.41, 5.74) is 2.12. The van der Waals surface area contributed by atoms with Crippen molar-refractivity contribution in [2.75, 3.05) is 13.7 Å². The molecule has 0 fully saturated rings. The molecule has 1 aromatic heterocycles. The molecule has 0 radical (unpaired) electrons. The minimum atomic E-state index is -0.518. The molecule has 0 saturated carbocycles. The average Bonchev–Trinajstić information content (AvgIpc) is 3.24. The molecule has 0 aliphatic heterocycles. The van der Waals surface area contributed by atoms with Crippen molar-refractivity contribution in [2.24, 2.45) is 0 Å². The van der Waals surface area contributed by atoms with Crippen LogP contribution in [-0.2, 0) is 16.1 Å². The average molecular weight is 424 g/mol. The van der Waals surface area contributed by atoms with Crippen molar-refractivity contribution in [3.05, 3.63) is 71.0 Å². The summed E-state index contributed by atoms with van der Waals surface area (Å²) >= 11 is 1.39. The highest BCUT2D eigenvalue weighted by Crippen LogP contribution is 2.28. The highest BCUT2D eigenvalue weighted by Gasteiger charge is 2.08. The highest BCUT2D eigenvalue weighted by molar-refractivity contribution is 7.13. The number of thiazole rings is 1. The number of benzene rings is 2. The smallest absolute Gasteiger partial charge is 0.331 e. The fourth-order valence-corrected chi connectivity index (χ4v) is 3.28. The molecule has 0 aliphatic carbocycles. The molecular weight excluding hydrogens is 407 g/mol. The lowest BCUT2D eigenvalue weighted by atomic mass is 10.2. The molecule has 0 saturated heterocycles. The first-order chi connectivity index (χ1) is 14.6. The molecule has 0 aliphatic rings. The third kappa shape index (κ3) is 5.65. The number of nitrogens with zero attached hydrogens (tertiary/aromatic N) is 2. The molecule has 3 aromatic rings. The van der Waals surface area contributed by atoms with Gasteiger partial charge >= 0.3 is 5.97 Å². The van der Waals surface area contributed by atoms with Crippen LogP contribution in [0.1, 0.15) is 11.3 Å². The summed E-state index contributed by atoms with van der Waals surface area (Å²) in [7, 11) is 1.49. The minimum Gasteiger partial charge on any atom is -0.493 e. The van der Waals surface area contributed by atoms with Crippen LogP contribution in [0.25, 0.3) is 16.6 Å². The first-order valence-electron chi connectivity index (χ1n) is 8.82. The fourth-order valence-electron chi connectivity index (χ4n) is 2.47. The van der Waals surface area contributed by atoms with Gasteiger partial charge in [0.15, 0.2) is 18.1 Å². The van der Waals surface area contributed by atoms with Crippen molar-refractivity contribution < 1.29 is 23.4 Å². The molecule has 3 rings (SSSR count). The standard InChI is InChI=1S/C22H17FN2O4S/c1-27-20-12-15(2-8-19(20)28-11-10-24)3-9-21(26)29-13-18-14-30-22(25-18)16-4-6-17(23)7-5-16/h2-9,12,14H,11,13H2,1H3/b9-3+. The molecule has 152 valence electrons. The lowest BCUT2D eigenvalue weighted by molar-refractivity contribution is -0.139. The van der Waals surface area contributed by atoms with E-state index in [0.717, 1.165) is 10.6 Å². The Morgan fingerprint density at radius 3 is 2.77 bits per heavy atom. The summed E-state index contributed by atoms with van der Waals surface area (Å²) in [6, 6.07) is 13.0. The van der Waals surface area contributed by atoms with Gasteiger partial charge in [-0.2, -0.15) is 5.26 Å². The van der Waals surface area contributed by atoms with Crippen LogP contribution in [-0.4, -0.2) is 24.7 Å². The van der Waals surface area contributed by atoms with Crippen LogP contribution >= 0.6 is 11.3 Å². The van der Waals surface area contributed by atoms with Crippen molar-refractivity contribution >= 4 is 23.4 Å². The second kappa shape index (κ2) is 10.2. The molecule has 0 N–H and O–H groups in total. The summed E-state index contributed by atoms with van der Waals surface area (Å²) in [5.74, 6) is 0.0733. The van der Waals surface area contributed by atoms with Gasteiger partial charge in [0.2, 0.25) is 0 Å². The number of carbonyl (C=O) groups excluding carboxylic acids is 1. The van der Waals surface area contributed by atoms with E-state index in [9.17, 15) is 9.18 Å². The molecule has 0 bridgehead atoms. The molecule has 0 atom stereocenters. The summed E-state index contributed by atoms with van der Waals surface area (Å²) in [6.45, 7) is -0.0531. The Kier molecular flexibility index (Phi) is 7.14. The number of halogens is 1. The van der Waals surface area contributed by atoms with Crippen molar-refractivity contribution in [1.82, 2.24) is 4.98 Å². The van der Waals surface area contributed by atoms with E-state index in [-0.39, 0.29) is 19.0 Å². The number of hydrogen-bond donors (Lipinski definition) is 0. The third-order valence-electron chi connectivity index (χ3n) is 3.90. The van der Waals surface area contributed by atoms with Gasteiger partial charge in [-0.25, -0.2) is 14.2 Å². The number of carbonyl (C=O) groups is 1. The second-order valence-electron chi connectivity index (χ2n) is 5.95. The van der Waals surface area contributed by atoms with Gasteiger partial charge in [0, 0.05) is 17.0 Å². The molecule has 6 nitrogen and oxygen atoms in total. The zero-order chi connectivity index (χ0) is 21.3. The van der Waals surface area contributed by atoms with Crippen molar-refractivity contribution in [2.45, 2.75) is 6.61 Å². The minimum absolute atomic E-state index is 0.0329. The predicted octanol–water partition coefficient (Wildman–Crippen LogP) is 4.62. The molecular formula is C22H17FN2O4S. The summed E-state index contributed by atoms with van der Waals surface area (Å²) in [4.78, 5) is 16.4. The molecule has 30 heavy (non-hydrogen) atoms. The molecule has 2 aromatic carbocycles. The number of hydrogen-bond acceptors (Lipinski definition) is 7. The predicted molar refractivity (Wildman–Crippen MR) is 110 cm³/mol. The second-order valence-corrected chi connectivity index (χ2v) is 6.81. The summed E-state index contributed by atoms with van der Waals surface area (Å²) in [5, 5.41) is 11.1. The van der Waals surface area contributed by atoms with Gasteiger partial charge in [0.05, 0.1) is 12.8 Å². The quantitative estimate of drug-likeness (QED) is 0.388. The Hall–Kier alpha value is -3.70. The topological polar surface area (TPSA) is 81.4 Å². The first-order valence-corrected chi connectivity index (χ1v) is 9.70. The normalized spacial score (nSPS) is 10.6. The van der Waals surface area contributed by atoms with Crippen LogP contribution in [0.4, 0.5) is 4.39 Å². The first kappa shape index (κ1) is 21.0. The number of nitriles is 1. The van der Waals surface area contributed by atoms with Crippen molar-refractivity contribution in [3.63, 3.8) is 0 Å². The van der Waals surface area contributed by atoms with Crippen LogP contribution < -0.4 is 9.47 Å². The SMILES string of the molecule is COc1cc(/C=C/C(=O)OCc2csc(-c3ccc(F)cc3)n2)ccc1OCC#N. The van der Waals surface area contributed by atoms with Crippen LogP contribution in [0.5, 0.6) is 11.5 Å². The van der Waals surface area contributed by atoms with E-state index in [2.05, 4.69) is 4.98 Å². The fraction of sp³-hybridized carbons (Fsp3) is 0.136. The number of aromatic nitrogens is 1. The van der Waals surface area contributed by atoms with Gasteiger partial charge in [0.1, 0.15) is 23.5 Å². The Labute approximate surface area is 176 Å². The summed E-state index contributed by atoms with van der Waals surface area (Å²) in [6.07, 6.45) is 2.89. The number of ether oxygens (including phenoxy) is 3. The van der Waals surface area contributed by atoms with Crippen LogP contribution in [0.3, 0.4) is 0 Å². The monoisotopic (exact) mass is 424 g/mol. The van der Waals surface area contributed by atoms with Gasteiger partial charge in [-0.15, -0.1) is 11.3 Å². The van der Waals surface area contributed by atoms with E-state index in [4.69, 9.17) is 19.5 Å². The largest absolute Gasteiger partial charge is 0.493 e. The lowest BCUT2D eigenvalue weighted by Gasteiger charge is -2.08. The highest BCUT2D eigenvalue weighted by atomic mass is 32.1.